The maximum atomic E-state index is 5.70. The second-order valence-electron chi connectivity index (χ2n) is 4.05. The second kappa shape index (κ2) is 5.75. The lowest BCUT2D eigenvalue weighted by Gasteiger charge is -2.12. The van der Waals surface area contributed by atoms with E-state index in [4.69, 9.17) is 9.47 Å². The van der Waals surface area contributed by atoms with Crippen LogP contribution in [0.5, 0.6) is 11.5 Å². The van der Waals surface area contributed by atoms with E-state index < -0.39 is 0 Å². The average Bonchev–Trinajstić information content (AvgIpc) is 2.81. The summed E-state index contributed by atoms with van der Waals surface area (Å²) in [6.07, 6.45) is 0.902. The topological polar surface area (TPSA) is 56.3 Å². The van der Waals surface area contributed by atoms with Gasteiger partial charge in [-0.05, 0) is 33.6 Å². The fourth-order valence-corrected chi connectivity index (χ4v) is 2.86. The molecule has 0 aliphatic carbocycles. The molecule has 0 amide bonds. The number of anilines is 1. The average molecular weight is 342 g/mol. The number of benzene rings is 1. The van der Waals surface area contributed by atoms with Crippen molar-refractivity contribution < 1.29 is 9.47 Å². The minimum absolute atomic E-state index is 0.671. The third-order valence-electron chi connectivity index (χ3n) is 2.67. The lowest BCUT2D eigenvalue weighted by Crippen LogP contribution is -2.01. The van der Waals surface area contributed by atoms with Crippen molar-refractivity contribution in [3.63, 3.8) is 0 Å². The third-order valence-corrected chi connectivity index (χ3v) is 3.90. The molecule has 1 aromatic heterocycles. The number of nitrogens with one attached hydrogen (secondary N) is 1. The largest absolute Gasteiger partial charge is 0.490 e. The van der Waals surface area contributed by atoms with Crippen LogP contribution in [-0.2, 0) is 6.54 Å². The second-order valence-corrected chi connectivity index (χ2v) is 5.74. The van der Waals surface area contributed by atoms with Crippen LogP contribution in [0, 0.1) is 0 Å². The van der Waals surface area contributed by atoms with Gasteiger partial charge in [-0.1, -0.05) is 11.3 Å². The zero-order chi connectivity index (χ0) is 13.1. The van der Waals surface area contributed by atoms with Crippen molar-refractivity contribution >= 4 is 32.4 Å². The Morgan fingerprint density at radius 3 is 3.05 bits per heavy atom. The molecule has 100 valence electrons. The van der Waals surface area contributed by atoms with Crippen molar-refractivity contribution in [1.82, 2.24) is 10.2 Å². The fraction of sp³-hybridized carbons (Fsp3) is 0.333. The highest BCUT2D eigenvalue weighted by molar-refractivity contribution is 9.10. The maximum absolute atomic E-state index is 5.70. The normalized spacial score (nSPS) is 13.9. The fourth-order valence-electron chi connectivity index (χ4n) is 1.81. The number of ether oxygens (including phenoxy) is 2. The number of rotatable bonds is 3. The van der Waals surface area contributed by atoms with Gasteiger partial charge in [0, 0.05) is 13.0 Å². The van der Waals surface area contributed by atoms with Gasteiger partial charge < -0.3 is 14.8 Å². The summed E-state index contributed by atoms with van der Waals surface area (Å²) in [6.45, 7) is 2.05. The molecule has 2 aromatic rings. The first-order valence-electron chi connectivity index (χ1n) is 5.91. The molecule has 0 bridgehead atoms. The zero-order valence-corrected chi connectivity index (χ0v) is 12.5. The van der Waals surface area contributed by atoms with Crippen LogP contribution in [0.3, 0.4) is 0 Å². The molecule has 0 radical (unpaired) electrons. The van der Waals surface area contributed by atoms with Crippen LogP contribution < -0.4 is 14.8 Å². The molecular formula is C12H12BrN3O2S. The molecule has 1 aliphatic heterocycles. The van der Waals surface area contributed by atoms with Gasteiger partial charge in [0.2, 0.25) is 5.13 Å². The Bertz CT molecular complexity index is 562. The highest BCUT2D eigenvalue weighted by Gasteiger charge is 2.15. The Hall–Kier alpha value is -1.34. The van der Waals surface area contributed by atoms with Gasteiger partial charge in [0.25, 0.3) is 0 Å². The van der Waals surface area contributed by atoms with E-state index in [1.165, 1.54) is 11.3 Å². The van der Waals surface area contributed by atoms with E-state index in [0.717, 1.165) is 33.1 Å². The predicted molar refractivity (Wildman–Crippen MR) is 77.0 cm³/mol. The molecule has 1 N–H and O–H groups in total. The van der Waals surface area contributed by atoms with Crippen LogP contribution >= 0.6 is 27.3 Å². The summed E-state index contributed by atoms with van der Waals surface area (Å²) in [5, 5.41) is 11.8. The molecule has 1 aliphatic rings. The van der Waals surface area contributed by atoms with Crippen molar-refractivity contribution in [3.05, 3.63) is 27.7 Å². The molecule has 5 nitrogen and oxygen atoms in total. The quantitative estimate of drug-likeness (QED) is 0.929. The number of aromatic nitrogens is 2. The van der Waals surface area contributed by atoms with Gasteiger partial charge in [0.05, 0.1) is 17.7 Å². The number of hydrogen-bond donors (Lipinski definition) is 1. The lowest BCUT2D eigenvalue weighted by molar-refractivity contribution is 0.296. The van der Waals surface area contributed by atoms with E-state index in [-0.39, 0.29) is 0 Å². The van der Waals surface area contributed by atoms with Gasteiger partial charge in [-0.2, -0.15) is 0 Å². The summed E-state index contributed by atoms with van der Waals surface area (Å²) in [4.78, 5) is 0. The molecule has 7 heteroatoms. The molecule has 0 fully saturated rings. The van der Waals surface area contributed by atoms with E-state index in [1.54, 1.807) is 5.51 Å². The summed E-state index contributed by atoms with van der Waals surface area (Å²) < 4.78 is 12.3. The van der Waals surface area contributed by atoms with Crippen LogP contribution in [0.25, 0.3) is 0 Å². The van der Waals surface area contributed by atoms with E-state index in [9.17, 15) is 0 Å². The molecule has 0 unspecified atom stereocenters. The Balaban J connectivity index is 1.79. The first kappa shape index (κ1) is 12.7. The number of nitrogens with zero attached hydrogens (tertiary/aromatic N) is 2. The molecule has 3 rings (SSSR count). The molecular weight excluding hydrogens is 330 g/mol. The molecule has 0 saturated heterocycles. The smallest absolute Gasteiger partial charge is 0.205 e. The first-order chi connectivity index (χ1) is 9.33. The van der Waals surface area contributed by atoms with Crippen LogP contribution in [0.2, 0.25) is 0 Å². The van der Waals surface area contributed by atoms with Crippen molar-refractivity contribution in [1.29, 1.82) is 0 Å². The van der Waals surface area contributed by atoms with Crippen LogP contribution in [0.15, 0.2) is 22.1 Å². The van der Waals surface area contributed by atoms with E-state index >= 15 is 0 Å². The summed E-state index contributed by atoms with van der Waals surface area (Å²) in [5.74, 6) is 1.58. The monoisotopic (exact) mass is 341 g/mol. The Labute approximate surface area is 123 Å². The number of halogens is 1. The van der Waals surface area contributed by atoms with Gasteiger partial charge in [0.1, 0.15) is 5.51 Å². The highest BCUT2D eigenvalue weighted by Crippen LogP contribution is 2.38. The predicted octanol–water partition coefficient (Wildman–Crippen LogP) is 3.07. The van der Waals surface area contributed by atoms with Crippen molar-refractivity contribution in [3.8, 4) is 11.5 Å². The van der Waals surface area contributed by atoms with Crippen molar-refractivity contribution in [2.45, 2.75) is 13.0 Å². The summed E-state index contributed by atoms with van der Waals surface area (Å²) in [7, 11) is 0. The van der Waals surface area contributed by atoms with Gasteiger partial charge in [-0.3, -0.25) is 0 Å². The van der Waals surface area contributed by atoms with Crippen LogP contribution in [0.1, 0.15) is 12.0 Å². The van der Waals surface area contributed by atoms with E-state index in [1.807, 2.05) is 12.1 Å². The summed E-state index contributed by atoms with van der Waals surface area (Å²) in [6, 6.07) is 4.03. The molecule has 0 spiro atoms. The van der Waals surface area contributed by atoms with Gasteiger partial charge in [0.15, 0.2) is 11.5 Å². The molecule has 0 saturated carbocycles. The lowest BCUT2D eigenvalue weighted by atomic mass is 10.2. The molecule has 19 heavy (non-hydrogen) atoms. The Morgan fingerprint density at radius 2 is 2.21 bits per heavy atom. The minimum atomic E-state index is 0.671. The van der Waals surface area contributed by atoms with Crippen LogP contribution in [0.4, 0.5) is 5.13 Å². The van der Waals surface area contributed by atoms with Crippen molar-refractivity contribution in [2.24, 2.45) is 0 Å². The SMILES string of the molecule is Brc1cc(CNc2nncs2)cc2c1OCCCO2. The maximum Gasteiger partial charge on any atom is 0.205 e. The molecule has 0 atom stereocenters. The third kappa shape index (κ3) is 2.98. The summed E-state index contributed by atoms with van der Waals surface area (Å²) >= 11 is 5.01. The van der Waals surface area contributed by atoms with E-state index in [0.29, 0.717) is 19.8 Å². The standard InChI is InChI=1S/C12H12BrN3O2S/c13-9-4-8(6-14-12-16-15-7-19-12)5-10-11(9)18-3-1-2-17-10/h4-5,7H,1-3,6H2,(H,14,16). The minimum Gasteiger partial charge on any atom is -0.490 e. The summed E-state index contributed by atoms with van der Waals surface area (Å²) in [5.41, 5.74) is 2.80. The number of fused-ring (bicyclic) bond motifs is 1. The van der Waals surface area contributed by atoms with E-state index in [2.05, 4.69) is 31.4 Å². The molecule has 2 heterocycles. The van der Waals surface area contributed by atoms with Crippen molar-refractivity contribution in [2.75, 3.05) is 18.5 Å². The van der Waals surface area contributed by atoms with Gasteiger partial charge in [-0.15, -0.1) is 10.2 Å². The molecule has 1 aromatic carbocycles. The Morgan fingerprint density at radius 1 is 1.32 bits per heavy atom. The first-order valence-corrected chi connectivity index (χ1v) is 7.58. The number of hydrogen-bond acceptors (Lipinski definition) is 6. The zero-order valence-electron chi connectivity index (χ0n) is 10.1. The van der Waals surface area contributed by atoms with Crippen LogP contribution in [-0.4, -0.2) is 23.4 Å². The highest BCUT2D eigenvalue weighted by atomic mass is 79.9. The Kier molecular flexibility index (Phi) is 3.84. The van der Waals surface area contributed by atoms with Gasteiger partial charge in [-0.25, -0.2) is 0 Å². The van der Waals surface area contributed by atoms with Gasteiger partial charge >= 0.3 is 0 Å².